The largest absolute Gasteiger partial charge is 0.396 e. The Labute approximate surface area is 38.0 Å². The molecule has 1 atom stereocenters. The van der Waals surface area contributed by atoms with Crippen molar-refractivity contribution in [3.8, 4) is 0 Å². The third-order valence-corrected chi connectivity index (χ3v) is 1.33. The summed E-state index contributed by atoms with van der Waals surface area (Å²) in [5.41, 5.74) is 0. The van der Waals surface area contributed by atoms with Gasteiger partial charge in [-0.2, -0.15) is 0 Å². The molecule has 1 radical (unpaired) electrons. The molecule has 1 nitrogen and oxygen atoms in total. The molecule has 0 spiro atoms. The zero-order chi connectivity index (χ0) is 4.57. The van der Waals surface area contributed by atoms with Crippen molar-refractivity contribution in [3.63, 3.8) is 0 Å². The smallest absolute Gasteiger partial charge is 0.0464 e. The molecule has 0 amide bonds. The van der Waals surface area contributed by atoms with Crippen LogP contribution in [-0.4, -0.2) is 11.7 Å². The normalized spacial score (nSPS) is 34.0. The highest BCUT2D eigenvalue weighted by atomic mass is 16.3. The Hall–Kier alpha value is -0.0400. The van der Waals surface area contributed by atoms with Gasteiger partial charge in [0.1, 0.15) is 0 Å². The zero-order valence-electron chi connectivity index (χ0n) is 3.94. The van der Waals surface area contributed by atoms with E-state index in [1.54, 1.807) is 0 Å². The summed E-state index contributed by atoms with van der Waals surface area (Å²) < 4.78 is 0. The van der Waals surface area contributed by atoms with E-state index in [0.29, 0.717) is 12.5 Å². The topological polar surface area (TPSA) is 20.2 Å². The Balaban J connectivity index is 2.09. The van der Waals surface area contributed by atoms with Gasteiger partial charge in [0.05, 0.1) is 0 Å². The Kier molecular flexibility index (Phi) is 0.845. The Morgan fingerprint density at radius 1 is 2.00 bits per heavy atom. The lowest BCUT2D eigenvalue weighted by molar-refractivity contribution is 0.279. The highest BCUT2D eigenvalue weighted by Gasteiger charge is 2.31. The van der Waals surface area contributed by atoms with Crippen LogP contribution in [0.5, 0.6) is 0 Å². The molecule has 0 aromatic heterocycles. The van der Waals surface area contributed by atoms with Crippen LogP contribution in [0.1, 0.15) is 13.3 Å². The number of rotatable bonds is 1. The van der Waals surface area contributed by atoms with Gasteiger partial charge in [0, 0.05) is 6.61 Å². The Morgan fingerprint density at radius 3 is 2.50 bits per heavy atom. The van der Waals surface area contributed by atoms with E-state index >= 15 is 0 Å². The van der Waals surface area contributed by atoms with Crippen molar-refractivity contribution in [3.05, 3.63) is 5.92 Å². The van der Waals surface area contributed by atoms with Crippen molar-refractivity contribution in [2.75, 3.05) is 6.61 Å². The van der Waals surface area contributed by atoms with E-state index < -0.39 is 0 Å². The third kappa shape index (κ3) is 0.548. The fourth-order valence-electron chi connectivity index (χ4n) is 0.550. The Bertz CT molecular complexity index is 49.9. The molecule has 0 aromatic carbocycles. The molecule has 1 saturated carbocycles. The third-order valence-electron chi connectivity index (χ3n) is 1.33. The minimum Gasteiger partial charge on any atom is -0.396 e. The fraction of sp³-hybridized carbons (Fsp3) is 0.800. The zero-order valence-corrected chi connectivity index (χ0v) is 3.94. The van der Waals surface area contributed by atoms with Gasteiger partial charge in [0.2, 0.25) is 0 Å². The quantitative estimate of drug-likeness (QED) is 0.494. The van der Waals surface area contributed by atoms with Gasteiger partial charge >= 0.3 is 0 Å². The van der Waals surface area contributed by atoms with E-state index in [1.165, 1.54) is 5.92 Å². The summed E-state index contributed by atoms with van der Waals surface area (Å²) in [5.74, 6) is 2.03. The first kappa shape index (κ1) is 4.13. The van der Waals surface area contributed by atoms with Crippen LogP contribution in [0.3, 0.4) is 0 Å². The maximum atomic E-state index is 8.36. The molecule has 1 aliphatic rings. The van der Waals surface area contributed by atoms with Crippen LogP contribution in [-0.2, 0) is 0 Å². The Morgan fingerprint density at radius 2 is 2.50 bits per heavy atom. The molecule has 35 valence electrons. The van der Waals surface area contributed by atoms with Crippen LogP contribution in [0, 0.1) is 11.8 Å². The monoisotopic (exact) mass is 85.1 g/mol. The SMILES string of the molecule is C[C]1C[C@@H]1CO. The van der Waals surface area contributed by atoms with E-state index in [4.69, 9.17) is 5.11 Å². The van der Waals surface area contributed by atoms with E-state index in [-0.39, 0.29) is 0 Å². The minimum absolute atomic E-state index is 0.367. The van der Waals surface area contributed by atoms with E-state index in [0.717, 1.165) is 6.42 Å². The lowest BCUT2D eigenvalue weighted by Crippen LogP contribution is -1.82. The summed E-state index contributed by atoms with van der Waals surface area (Å²) in [5, 5.41) is 8.36. The molecule has 0 aliphatic heterocycles. The van der Waals surface area contributed by atoms with Crippen molar-refractivity contribution < 1.29 is 5.11 Å². The first-order valence-electron chi connectivity index (χ1n) is 2.27. The van der Waals surface area contributed by atoms with Gasteiger partial charge < -0.3 is 5.11 Å². The molecular weight excluding hydrogens is 76.1 g/mol. The number of hydrogen-bond acceptors (Lipinski definition) is 1. The fourth-order valence-corrected chi connectivity index (χ4v) is 0.550. The van der Waals surface area contributed by atoms with Gasteiger partial charge in [-0.05, 0) is 18.3 Å². The highest BCUT2D eigenvalue weighted by Crippen LogP contribution is 2.39. The van der Waals surface area contributed by atoms with Crippen LogP contribution >= 0.6 is 0 Å². The molecule has 1 aliphatic carbocycles. The molecule has 0 bridgehead atoms. The molecule has 0 saturated heterocycles. The number of aliphatic hydroxyl groups is 1. The van der Waals surface area contributed by atoms with E-state index in [9.17, 15) is 0 Å². The van der Waals surface area contributed by atoms with Crippen LogP contribution in [0.2, 0.25) is 0 Å². The summed E-state index contributed by atoms with van der Waals surface area (Å²) in [4.78, 5) is 0. The molecule has 1 rings (SSSR count). The van der Waals surface area contributed by atoms with Crippen molar-refractivity contribution in [1.29, 1.82) is 0 Å². The standard InChI is InChI=1S/C5H9O/c1-4-2-5(4)3-6/h5-6H,2-3H2,1H3/t5-/m1/s1. The van der Waals surface area contributed by atoms with Crippen LogP contribution in [0.15, 0.2) is 0 Å². The second kappa shape index (κ2) is 1.23. The minimum atomic E-state index is 0.367. The molecule has 0 unspecified atom stereocenters. The molecule has 0 aromatic rings. The van der Waals surface area contributed by atoms with Gasteiger partial charge in [-0.1, -0.05) is 6.92 Å². The summed E-state index contributed by atoms with van der Waals surface area (Å²) in [6.07, 6.45) is 1.16. The second-order valence-corrected chi connectivity index (χ2v) is 1.93. The summed E-state index contributed by atoms with van der Waals surface area (Å²) in [7, 11) is 0. The first-order valence-corrected chi connectivity index (χ1v) is 2.27. The van der Waals surface area contributed by atoms with Gasteiger partial charge in [-0.3, -0.25) is 0 Å². The summed E-state index contributed by atoms with van der Waals surface area (Å²) in [6.45, 7) is 2.45. The highest BCUT2D eigenvalue weighted by molar-refractivity contribution is 5.09. The molecule has 0 heterocycles. The maximum absolute atomic E-state index is 8.36. The summed E-state index contributed by atoms with van der Waals surface area (Å²) >= 11 is 0. The maximum Gasteiger partial charge on any atom is 0.0464 e. The molecule has 1 heteroatoms. The lowest BCUT2D eigenvalue weighted by atomic mass is 10.4. The lowest BCUT2D eigenvalue weighted by Gasteiger charge is -1.78. The van der Waals surface area contributed by atoms with Gasteiger partial charge in [0.15, 0.2) is 0 Å². The average molecular weight is 85.1 g/mol. The summed E-state index contributed by atoms with van der Waals surface area (Å²) in [6, 6.07) is 0. The van der Waals surface area contributed by atoms with E-state index in [1.807, 2.05) is 0 Å². The van der Waals surface area contributed by atoms with E-state index in [2.05, 4.69) is 6.92 Å². The van der Waals surface area contributed by atoms with Crippen LogP contribution in [0.25, 0.3) is 0 Å². The number of aliphatic hydroxyl groups excluding tert-OH is 1. The van der Waals surface area contributed by atoms with Crippen molar-refractivity contribution in [2.24, 2.45) is 5.92 Å². The van der Waals surface area contributed by atoms with Crippen LogP contribution in [0.4, 0.5) is 0 Å². The molecule has 6 heavy (non-hydrogen) atoms. The van der Waals surface area contributed by atoms with Crippen molar-refractivity contribution >= 4 is 0 Å². The molecular formula is C5H9O. The molecule has 1 fully saturated rings. The van der Waals surface area contributed by atoms with Gasteiger partial charge in [0.25, 0.3) is 0 Å². The average Bonchev–Trinajstić information content (AvgIpc) is 2.19. The molecule has 1 N–H and O–H groups in total. The van der Waals surface area contributed by atoms with Crippen molar-refractivity contribution in [1.82, 2.24) is 0 Å². The second-order valence-electron chi connectivity index (χ2n) is 1.93. The first-order chi connectivity index (χ1) is 2.84. The van der Waals surface area contributed by atoms with Gasteiger partial charge in [-0.15, -0.1) is 0 Å². The van der Waals surface area contributed by atoms with Gasteiger partial charge in [-0.25, -0.2) is 0 Å². The predicted molar refractivity (Wildman–Crippen MR) is 24.1 cm³/mol. The van der Waals surface area contributed by atoms with Crippen molar-refractivity contribution in [2.45, 2.75) is 13.3 Å². The van der Waals surface area contributed by atoms with Crippen LogP contribution < -0.4 is 0 Å². The number of hydrogen-bond donors (Lipinski definition) is 1. The predicted octanol–water partition coefficient (Wildman–Crippen LogP) is 0.593.